The van der Waals surface area contributed by atoms with Crippen LogP contribution in [0.25, 0.3) is 0 Å². The molecule has 0 spiro atoms. The van der Waals surface area contributed by atoms with Gasteiger partial charge in [0.2, 0.25) is 5.95 Å². The minimum Gasteiger partial charge on any atom is -0.357 e. The zero-order valence-electron chi connectivity index (χ0n) is 14.8. The van der Waals surface area contributed by atoms with Crippen molar-refractivity contribution < 1.29 is 0 Å². The molecule has 3 rings (SSSR count). The first-order valence-corrected chi connectivity index (χ1v) is 9.96. The van der Waals surface area contributed by atoms with Crippen LogP contribution >= 0.6 is 23.2 Å². The summed E-state index contributed by atoms with van der Waals surface area (Å²) < 4.78 is 0. The highest BCUT2D eigenvalue weighted by atomic mass is 35.5. The predicted octanol–water partition coefficient (Wildman–Crippen LogP) is 2.85. The van der Waals surface area contributed by atoms with Crippen LogP contribution in [0.2, 0.25) is 10.2 Å². The van der Waals surface area contributed by atoms with Gasteiger partial charge in [-0.05, 0) is 44.6 Å². The SMILES string of the molecule is CNc1nc(Cl)c(Cl)c(N2CCN(CCC3CCC(N)CC3)CC2)n1. The van der Waals surface area contributed by atoms with Crippen molar-refractivity contribution in [1.29, 1.82) is 0 Å². The first-order chi connectivity index (χ1) is 12.1. The molecule has 25 heavy (non-hydrogen) atoms. The van der Waals surface area contributed by atoms with Gasteiger partial charge in [0.25, 0.3) is 0 Å². The normalized spacial score (nSPS) is 25.2. The van der Waals surface area contributed by atoms with Gasteiger partial charge < -0.3 is 16.0 Å². The summed E-state index contributed by atoms with van der Waals surface area (Å²) in [5.41, 5.74) is 6.00. The van der Waals surface area contributed by atoms with Crippen LogP contribution in [0, 0.1) is 5.92 Å². The summed E-state index contributed by atoms with van der Waals surface area (Å²) in [6.45, 7) is 5.05. The largest absolute Gasteiger partial charge is 0.357 e. The lowest BCUT2D eigenvalue weighted by Crippen LogP contribution is -2.47. The minimum atomic E-state index is 0.300. The van der Waals surface area contributed by atoms with Gasteiger partial charge >= 0.3 is 0 Å². The van der Waals surface area contributed by atoms with Gasteiger partial charge in [0.15, 0.2) is 11.0 Å². The molecule has 1 saturated heterocycles. The summed E-state index contributed by atoms with van der Waals surface area (Å²) in [5, 5.41) is 3.67. The van der Waals surface area contributed by atoms with Crippen LogP contribution in [0.3, 0.4) is 0 Å². The third-order valence-electron chi connectivity index (χ3n) is 5.43. The summed E-state index contributed by atoms with van der Waals surface area (Å²) in [7, 11) is 1.78. The molecule has 1 aromatic rings. The van der Waals surface area contributed by atoms with Gasteiger partial charge in [-0.1, -0.05) is 23.2 Å². The number of nitrogens with one attached hydrogen (secondary N) is 1. The Morgan fingerprint density at radius 2 is 1.76 bits per heavy atom. The zero-order chi connectivity index (χ0) is 17.8. The van der Waals surface area contributed by atoms with Crippen LogP contribution in [0.1, 0.15) is 32.1 Å². The molecule has 0 aromatic carbocycles. The molecule has 140 valence electrons. The number of rotatable bonds is 5. The average molecular weight is 387 g/mol. The molecule has 1 saturated carbocycles. The smallest absolute Gasteiger partial charge is 0.225 e. The van der Waals surface area contributed by atoms with Crippen molar-refractivity contribution in [2.75, 3.05) is 50.0 Å². The topological polar surface area (TPSA) is 70.3 Å². The van der Waals surface area contributed by atoms with E-state index in [1.54, 1.807) is 7.05 Å². The molecule has 0 unspecified atom stereocenters. The van der Waals surface area contributed by atoms with Gasteiger partial charge in [-0.15, -0.1) is 0 Å². The van der Waals surface area contributed by atoms with Gasteiger partial charge in [0.1, 0.15) is 5.02 Å². The molecule has 1 aliphatic carbocycles. The van der Waals surface area contributed by atoms with E-state index in [0.29, 0.717) is 22.2 Å². The molecule has 1 aromatic heterocycles. The summed E-state index contributed by atoms with van der Waals surface area (Å²) in [6, 6.07) is 0.437. The van der Waals surface area contributed by atoms with Gasteiger partial charge in [-0.3, -0.25) is 4.90 Å². The lowest BCUT2D eigenvalue weighted by Gasteiger charge is -2.37. The number of nitrogens with two attached hydrogens (primary N) is 1. The summed E-state index contributed by atoms with van der Waals surface area (Å²) in [6.07, 6.45) is 6.26. The number of halogens is 2. The zero-order valence-corrected chi connectivity index (χ0v) is 16.4. The highest BCUT2D eigenvalue weighted by Gasteiger charge is 2.24. The fourth-order valence-electron chi connectivity index (χ4n) is 3.76. The quantitative estimate of drug-likeness (QED) is 0.758. The number of aromatic nitrogens is 2. The molecular weight excluding hydrogens is 359 g/mol. The van der Waals surface area contributed by atoms with Crippen molar-refractivity contribution in [3.05, 3.63) is 10.2 Å². The molecule has 0 bridgehead atoms. The monoisotopic (exact) mass is 386 g/mol. The van der Waals surface area contributed by atoms with E-state index in [4.69, 9.17) is 28.9 Å². The average Bonchev–Trinajstić information content (AvgIpc) is 2.64. The molecule has 2 aliphatic rings. The van der Waals surface area contributed by atoms with E-state index in [1.165, 1.54) is 38.6 Å². The molecule has 0 amide bonds. The molecule has 0 radical (unpaired) electrons. The second-order valence-corrected chi connectivity index (χ2v) is 7.86. The van der Waals surface area contributed by atoms with Crippen LogP contribution in [-0.4, -0.2) is 60.7 Å². The van der Waals surface area contributed by atoms with Gasteiger partial charge in [-0.2, -0.15) is 9.97 Å². The van der Waals surface area contributed by atoms with Crippen LogP contribution in [0.5, 0.6) is 0 Å². The van der Waals surface area contributed by atoms with E-state index in [-0.39, 0.29) is 0 Å². The molecule has 8 heteroatoms. The highest BCUT2D eigenvalue weighted by molar-refractivity contribution is 6.42. The van der Waals surface area contributed by atoms with Crippen molar-refractivity contribution in [2.45, 2.75) is 38.1 Å². The van der Waals surface area contributed by atoms with Gasteiger partial charge in [0, 0.05) is 39.3 Å². The van der Waals surface area contributed by atoms with E-state index in [2.05, 4.69) is 25.1 Å². The maximum absolute atomic E-state index is 6.32. The van der Waals surface area contributed by atoms with Crippen LogP contribution in [0.4, 0.5) is 11.8 Å². The summed E-state index contributed by atoms with van der Waals surface area (Å²) >= 11 is 12.4. The standard InChI is InChI=1S/C17H28Cl2N6/c1-21-17-22-15(19)14(18)16(23-17)25-10-8-24(9-11-25)7-6-12-2-4-13(20)5-3-12/h12-13H,2-11,20H2,1H3,(H,21,22,23). The van der Waals surface area contributed by atoms with Gasteiger partial charge in [-0.25, -0.2) is 0 Å². The lowest BCUT2D eigenvalue weighted by atomic mass is 9.84. The molecule has 1 aliphatic heterocycles. The first-order valence-electron chi connectivity index (χ1n) is 9.20. The Balaban J connectivity index is 1.49. The Bertz CT molecular complexity index is 569. The highest BCUT2D eigenvalue weighted by Crippen LogP contribution is 2.31. The van der Waals surface area contributed by atoms with E-state index in [1.807, 2.05) is 0 Å². The van der Waals surface area contributed by atoms with E-state index in [0.717, 1.165) is 37.9 Å². The van der Waals surface area contributed by atoms with Crippen LogP contribution in [0.15, 0.2) is 0 Å². The van der Waals surface area contributed by atoms with E-state index < -0.39 is 0 Å². The lowest BCUT2D eigenvalue weighted by molar-refractivity contribution is 0.216. The molecule has 2 fully saturated rings. The first kappa shape index (κ1) is 19.0. The second-order valence-electron chi connectivity index (χ2n) is 7.12. The summed E-state index contributed by atoms with van der Waals surface area (Å²) in [4.78, 5) is 13.3. The van der Waals surface area contributed by atoms with E-state index >= 15 is 0 Å². The van der Waals surface area contributed by atoms with Gasteiger partial charge in [0.05, 0.1) is 0 Å². The minimum absolute atomic E-state index is 0.300. The van der Waals surface area contributed by atoms with Crippen molar-refractivity contribution in [3.63, 3.8) is 0 Å². The molecule has 2 heterocycles. The maximum Gasteiger partial charge on any atom is 0.225 e. The van der Waals surface area contributed by atoms with Crippen molar-refractivity contribution in [1.82, 2.24) is 14.9 Å². The van der Waals surface area contributed by atoms with E-state index in [9.17, 15) is 0 Å². The second kappa shape index (κ2) is 8.71. The Morgan fingerprint density at radius 1 is 1.08 bits per heavy atom. The van der Waals surface area contributed by atoms with Crippen molar-refractivity contribution in [3.8, 4) is 0 Å². The number of hydrogen-bond acceptors (Lipinski definition) is 6. The predicted molar refractivity (Wildman–Crippen MR) is 105 cm³/mol. The number of hydrogen-bond donors (Lipinski definition) is 2. The van der Waals surface area contributed by atoms with Crippen molar-refractivity contribution >= 4 is 35.0 Å². The molecule has 6 nitrogen and oxygen atoms in total. The Labute approximate surface area is 160 Å². The fourth-order valence-corrected chi connectivity index (χ4v) is 4.12. The molecule has 0 atom stereocenters. The number of anilines is 2. The third-order valence-corrected chi connectivity index (χ3v) is 6.15. The fraction of sp³-hybridized carbons (Fsp3) is 0.765. The Morgan fingerprint density at radius 3 is 2.40 bits per heavy atom. The van der Waals surface area contributed by atoms with Crippen LogP contribution < -0.4 is 16.0 Å². The third kappa shape index (κ3) is 4.88. The maximum atomic E-state index is 6.32. The summed E-state index contributed by atoms with van der Waals surface area (Å²) in [5.74, 6) is 2.08. The number of piperazine rings is 1. The molecule has 3 N–H and O–H groups in total. The number of nitrogens with zero attached hydrogens (tertiary/aromatic N) is 4. The molecular formula is C17H28Cl2N6. The van der Waals surface area contributed by atoms with Crippen LogP contribution in [-0.2, 0) is 0 Å². The Hall–Kier alpha value is -0.820. The van der Waals surface area contributed by atoms with Crippen molar-refractivity contribution in [2.24, 2.45) is 11.7 Å². The Kier molecular flexibility index (Phi) is 6.61.